The summed E-state index contributed by atoms with van der Waals surface area (Å²) in [6, 6.07) is 19.6. The van der Waals surface area contributed by atoms with Gasteiger partial charge >= 0.3 is 6.03 Å². The third-order valence-electron chi connectivity index (χ3n) is 3.63. The lowest BCUT2D eigenvalue weighted by atomic mass is 10.1. The number of hydrogen-bond acceptors (Lipinski definition) is 2. The van der Waals surface area contributed by atoms with Gasteiger partial charge < -0.3 is 10.6 Å². The van der Waals surface area contributed by atoms with E-state index in [1.54, 1.807) is 6.20 Å². The number of aromatic nitrogens is 1. The molecule has 0 bridgehead atoms. The first-order valence-electron chi connectivity index (χ1n) is 7.75. The topological polar surface area (TPSA) is 54.0 Å². The number of benzene rings is 2. The second-order valence-corrected chi connectivity index (χ2v) is 5.38. The first-order valence-corrected chi connectivity index (χ1v) is 7.75. The fourth-order valence-electron chi connectivity index (χ4n) is 2.47. The molecule has 4 nitrogen and oxygen atoms in total. The minimum absolute atomic E-state index is 0.179. The summed E-state index contributed by atoms with van der Waals surface area (Å²) < 4.78 is 0. The van der Waals surface area contributed by atoms with Crippen molar-refractivity contribution in [3.8, 4) is 0 Å². The SMILES string of the molecule is O=C(NCCCc1ccccc1)Nc1ccc2ncccc2c1. The summed E-state index contributed by atoms with van der Waals surface area (Å²) in [6.45, 7) is 0.649. The molecule has 0 fully saturated rings. The lowest BCUT2D eigenvalue weighted by Gasteiger charge is -2.08. The van der Waals surface area contributed by atoms with E-state index in [4.69, 9.17) is 0 Å². The zero-order valence-corrected chi connectivity index (χ0v) is 12.8. The average molecular weight is 305 g/mol. The lowest BCUT2D eigenvalue weighted by Crippen LogP contribution is -2.29. The molecule has 0 spiro atoms. The van der Waals surface area contributed by atoms with Gasteiger partial charge in [0.25, 0.3) is 0 Å². The van der Waals surface area contributed by atoms with Crippen LogP contribution in [0.1, 0.15) is 12.0 Å². The van der Waals surface area contributed by atoms with Gasteiger partial charge in [-0.25, -0.2) is 4.79 Å². The number of pyridine rings is 1. The van der Waals surface area contributed by atoms with Gasteiger partial charge in [-0.1, -0.05) is 36.4 Å². The van der Waals surface area contributed by atoms with Crippen LogP contribution in [0.15, 0.2) is 66.9 Å². The molecule has 2 aromatic carbocycles. The van der Waals surface area contributed by atoms with Gasteiger partial charge in [0.05, 0.1) is 5.52 Å². The number of carbonyl (C=O) groups is 1. The number of fused-ring (bicyclic) bond motifs is 1. The molecule has 23 heavy (non-hydrogen) atoms. The molecule has 1 heterocycles. The highest BCUT2D eigenvalue weighted by atomic mass is 16.2. The van der Waals surface area contributed by atoms with Crippen molar-refractivity contribution in [2.75, 3.05) is 11.9 Å². The van der Waals surface area contributed by atoms with Gasteiger partial charge in [0, 0.05) is 23.8 Å². The fourth-order valence-corrected chi connectivity index (χ4v) is 2.47. The summed E-state index contributed by atoms with van der Waals surface area (Å²) in [5, 5.41) is 6.75. The number of amides is 2. The van der Waals surface area contributed by atoms with Crippen molar-refractivity contribution in [1.29, 1.82) is 0 Å². The third kappa shape index (κ3) is 4.30. The van der Waals surface area contributed by atoms with Gasteiger partial charge in [0.2, 0.25) is 0 Å². The summed E-state index contributed by atoms with van der Waals surface area (Å²) in [4.78, 5) is 16.2. The molecule has 2 amide bonds. The normalized spacial score (nSPS) is 10.4. The Balaban J connectivity index is 1.46. The maximum Gasteiger partial charge on any atom is 0.319 e. The van der Waals surface area contributed by atoms with Crippen LogP contribution in [0.5, 0.6) is 0 Å². The Morgan fingerprint density at radius 3 is 2.74 bits per heavy atom. The molecule has 0 aliphatic rings. The molecule has 0 unspecified atom stereocenters. The van der Waals surface area contributed by atoms with E-state index in [2.05, 4.69) is 27.8 Å². The number of urea groups is 1. The lowest BCUT2D eigenvalue weighted by molar-refractivity contribution is 0.252. The minimum atomic E-state index is -0.179. The average Bonchev–Trinajstić information content (AvgIpc) is 2.59. The van der Waals surface area contributed by atoms with E-state index in [-0.39, 0.29) is 6.03 Å². The number of nitrogens with one attached hydrogen (secondary N) is 2. The molecule has 0 radical (unpaired) electrons. The Labute approximate surface area is 135 Å². The van der Waals surface area contributed by atoms with Crippen LogP contribution in [0.3, 0.4) is 0 Å². The van der Waals surface area contributed by atoms with E-state index in [0.717, 1.165) is 29.4 Å². The Hall–Kier alpha value is -2.88. The van der Waals surface area contributed by atoms with E-state index in [1.807, 2.05) is 48.5 Å². The summed E-state index contributed by atoms with van der Waals surface area (Å²) in [5.41, 5.74) is 2.98. The molecule has 4 heteroatoms. The monoisotopic (exact) mass is 305 g/mol. The Kier molecular flexibility index (Phi) is 4.84. The standard InChI is InChI=1S/C19H19N3O/c23-19(21-13-4-8-15-6-2-1-3-7-15)22-17-10-11-18-16(14-17)9-5-12-20-18/h1-3,5-7,9-12,14H,4,8,13H2,(H2,21,22,23). The van der Waals surface area contributed by atoms with Gasteiger partial charge in [0.1, 0.15) is 0 Å². The van der Waals surface area contributed by atoms with Crippen LogP contribution >= 0.6 is 0 Å². The predicted molar refractivity (Wildman–Crippen MR) is 93.5 cm³/mol. The quantitative estimate of drug-likeness (QED) is 0.700. The molecule has 0 saturated carbocycles. The zero-order chi connectivity index (χ0) is 15.9. The molecule has 0 aliphatic carbocycles. The van der Waals surface area contributed by atoms with E-state index < -0.39 is 0 Å². The zero-order valence-electron chi connectivity index (χ0n) is 12.8. The second-order valence-electron chi connectivity index (χ2n) is 5.38. The van der Waals surface area contributed by atoms with Crippen LogP contribution in [-0.2, 0) is 6.42 Å². The van der Waals surface area contributed by atoms with Crippen molar-refractivity contribution in [2.24, 2.45) is 0 Å². The van der Waals surface area contributed by atoms with Crippen LogP contribution in [0, 0.1) is 0 Å². The molecule has 2 N–H and O–H groups in total. The predicted octanol–water partition coefficient (Wildman–Crippen LogP) is 3.99. The van der Waals surface area contributed by atoms with Crippen molar-refractivity contribution in [1.82, 2.24) is 10.3 Å². The summed E-state index contributed by atoms with van der Waals surface area (Å²) in [5.74, 6) is 0. The number of nitrogens with zero attached hydrogens (tertiary/aromatic N) is 1. The first kappa shape index (κ1) is 15.0. The summed E-state index contributed by atoms with van der Waals surface area (Å²) >= 11 is 0. The van der Waals surface area contributed by atoms with Gasteiger partial charge in [0.15, 0.2) is 0 Å². The number of hydrogen-bond donors (Lipinski definition) is 2. The number of anilines is 1. The maximum absolute atomic E-state index is 11.9. The largest absolute Gasteiger partial charge is 0.338 e. The van der Waals surface area contributed by atoms with Gasteiger partial charge in [-0.2, -0.15) is 0 Å². The van der Waals surface area contributed by atoms with Crippen LogP contribution in [0.2, 0.25) is 0 Å². The molecule has 0 atom stereocenters. The second kappa shape index (κ2) is 7.40. The van der Waals surface area contributed by atoms with E-state index in [1.165, 1.54) is 5.56 Å². The molecule has 3 rings (SSSR count). The van der Waals surface area contributed by atoms with Crippen molar-refractivity contribution in [3.05, 3.63) is 72.4 Å². The van der Waals surface area contributed by atoms with E-state index in [9.17, 15) is 4.79 Å². The molecule has 0 aliphatic heterocycles. The molecular weight excluding hydrogens is 286 g/mol. The highest BCUT2D eigenvalue weighted by Crippen LogP contribution is 2.16. The highest BCUT2D eigenvalue weighted by Gasteiger charge is 2.02. The Morgan fingerprint density at radius 1 is 1.00 bits per heavy atom. The Bertz CT molecular complexity index is 787. The van der Waals surface area contributed by atoms with Crippen LogP contribution in [0.4, 0.5) is 10.5 Å². The van der Waals surface area contributed by atoms with Crippen LogP contribution < -0.4 is 10.6 Å². The van der Waals surface area contributed by atoms with Gasteiger partial charge in [-0.3, -0.25) is 4.98 Å². The molecule has 116 valence electrons. The van der Waals surface area contributed by atoms with Gasteiger partial charge in [-0.15, -0.1) is 0 Å². The first-order chi connectivity index (χ1) is 11.3. The minimum Gasteiger partial charge on any atom is -0.338 e. The van der Waals surface area contributed by atoms with Crippen LogP contribution in [0.25, 0.3) is 10.9 Å². The molecular formula is C19H19N3O. The van der Waals surface area contributed by atoms with Crippen molar-refractivity contribution < 1.29 is 4.79 Å². The van der Waals surface area contributed by atoms with Crippen molar-refractivity contribution in [2.45, 2.75) is 12.8 Å². The number of aryl methyl sites for hydroxylation is 1. The summed E-state index contributed by atoms with van der Waals surface area (Å²) in [6.07, 6.45) is 3.64. The third-order valence-corrected chi connectivity index (χ3v) is 3.63. The number of rotatable bonds is 5. The number of carbonyl (C=O) groups excluding carboxylic acids is 1. The molecule has 0 saturated heterocycles. The van der Waals surface area contributed by atoms with Crippen molar-refractivity contribution in [3.63, 3.8) is 0 Å². The summed E-state index contributed by atoms with van der Waals surface area (Å²) in [7, 11) is 0. The highest BCUT2D eigenvalue weighted by molar-refractivity contribution is 5.92. The molecule has 1 aromatic heterocycles. The van der Waals surface area contributed by atoms with E-state index in [0.29, 0.717) is 6.54 Å². The van der Waals surface area contributed by atoms with E-state index >= 15 is 0 Å². The smallest absolute Gasteiger partial charge is 0.319 e. The fraction of sp³-hybridized carbons (Fsp3) is 0.158. The van der Waals surface area contributed by atoms with Crippen LogP contribution in [-0.4, -0.2) is 17.6 Å². The maximum atomic E-state index is 11.9. The van der Waals surface area contributed by atoms with Crippen molar-refractivity contribution >= 4 is 22.6 Å². The molecule has 3 aromatic rings. The van der Waals surface area contributed by atoms with Gasteiger partial charge in [-0.05, 0) is 42.7 Å². The Morgan fingerprint density at radius 2 is 1.87 bits per heavy atom.